The van der Waals surface area contributed by atoms with Crippen LogP contribution in [0.4, 0.5) is 0 Å². The monoisotopic (exact) mass is 737 g/mol. The molecule has 8 nitrogen and oxygen atoms in total. The van der Waals surface area contributed by atoms with Crippen molar-refractivity contribution in [2.75, 3.05) is 13.2 Å². The fourth-order valence-electron chi connectivity index (χ4n) is 5.35. The smallest absolute Gasteiger partial charge is 0.462 e. The fraction of sp³-hybridized carbons (Fsp3) is 0.714. The SMILES string of the molecule is CC/C=C\C/C=C\C/C=C\C/C=C\C/C=C\CCCC(=O)OC(COC(=O)CCCCCCCCCCCCCCCCCC)COP(=O)(O)O. The summed E-state index contributed by atoms with van der Waals surface area (Å²) in [6.07, 6.45) is 46.6. The summed E-state index contributed by atoms with van der Waals surface area (Å²) >= 11 is 0. The molecule has 0 amide bonds. The van der Waals surface area contributed by atoms with E-state index >= 15 is 0 Å². The number of phosphoric acid groups is 1. The van der Waals surface area contributed by atoms with Gasteiger partial charge in [-0.3, -0.25) is 14.1 Å². The van der Waals surface area contributed by atoms with Gasteiger partial charge in [0.1, 0.15) is 6.61 Å². The Bertz CT molecular complexity index is 1010. The molecule has 0 aromatic carbocycles. The lowest BCUT2D eigenvalue weighted by Gasteiger charge is -2.18. The summed E-state index contributed by atoms with van der Waals surface area (Å²) < 4.78 is 26.3. The number of hydrogen-bond acceptors (Lipinski definition) is 6. The van der Waals surface area contributed by atoms with Crippen LogP contribution in [0, 0.1) is 0 Å². The molecule has 9 heteroatoms. The van der Waals surface area contributed by atoms with Crippen molar-refractivity contribution in [3.05, 3.63) is 60.8 Å². The van der Waals surface area contributed by atoms with E-state index in [1.807, 2.05) is 12.2 Å². The normalized spacial score (nSPS) is 13.1. The van der Waals surface area contributed by atoms with E-state index in [4.69, 9.17) is 19.3 Å². The molecule has 0 aromatic heterocycles. The molecular formula is C42H73O8P. The van der Waals surface area contributed by atoms with Crippen molar-refractivity contribution in [1.82, 2.24) is 0 Å². The van der Waals surface area contributed by atoms with Crippen molar-refractivity contribution in [2.24, 2.45) is 0 Å². The average molecular weight is 737 g/mol. The number of carbonyl (C=O) groups is 2. The van der Waals surface area contributed by atoms with E-state index in [0.29, 0.717) is 12.8 Å². The van der Waals surface area contributed by atoms with Crippen molar-refractivity contribution in [2.45, 2.75) is 180 Å². The molecule has 1 atom stereocenters. The molecule has 51 heavy (non-hydrogen) atoms. The number of esters is 2. The van der Waals surface area contributed by atoms with E-state index in [0.717, 1.165) is 51.4 Å². The third-order valence-electron chi connectivity index (χ3n) is 8.30. The lowest BCUT2D eigenvalue weighted by molar-refractivity contribution is -0.161. The lowest BCUT2D eigenvalue weighted by atomic mass is 10.0. The second-order valence-corrected chi connectivity index (χ2v) is 14.5. The Morgan fingerprint density at radius 1 is 0.529 bits per heavy atom. The Kier molecular flexibility index (Phi) is 35.9. The van der Waals surface area contributed by atoms with E-state index in [2.05, 4.69) is 67.0 Å². The van der Waals surface area contributed by atoms with Gasteiger partial charge in [-0.25, -0.2) is 4.57 Å². The second-order valence-electron chi connectivity index (χ2n) is 13.2. The van der Waals surface area contributed by atoms with E-state index in [9.17, 15) is 14.2 Å². The lowest BCUT2D eigenvalue weighted by Crippen LogP contribution is -2.29. The third kappa shape index (κ3) is 40.4. The number of carbonyl (C=O) groups excluding carboxylic acids is 2. The Hall–Kier alpha value is -2.25. The first-order valence-corrected chi connectivity index (χ1v) is 21.6. The zero-order valence-electron chi connectivity index (χ0n) is 32.2. The third-order valence-corrected chi connectivity index (χ3v) is 8.79. The number of phosphoric ester groups is 1. The van der Waals surface area contributed by atoms with E-state index in [-0.39, 0.29) is 19.4 Å². The predicted octanol–water partition coefficient (Wildman–Crippen LogP) is 12.1. The number of unbranched alkanes of at least 4 members (excludes halogenated alkanes) is 16. The van der Waals surface area contributed by atoms with Gasteiger partial charge in [0.25, 0.3) is 0 Å². The van der Waals surface area contributed by atoms with Gasteiger partial charge in [0, 0.05) is 12.8 Å². The molecule has 0 bridgehead atoms. The summed E-state index contributed by atoms with van der Waals surface area (Å²) in [4.78, 5) is 42.8. The van der Waals surface area contributed by atoms with Crippen LogP contribution in [0.2, 0.25) is 0 Å². The van der Waals surface area contributed by atoms with Crippen LogP contribution in [-0.4, -0.2) is 41.0 Å². The summed E-state index contributed by atoms with van der Waals surface area (Å²) in [7, 11) is -4.77. The molecule has 0 fully saturated rings. The highest BCUT2D eigenvalue weighted by molar-refractivity contribution is 7.46. The molecule has 0 heterocycles. The summed E-state index contributed by atoms with van der Waals surface area (Å²) in [6, 6.07) is 0. The molecule has 0 aliphatic heterocycles. The van der Waals surface area contributed by atoms with Crippen molar-refractivity contribution >= 4 is 19.8 Å². The highest BCUT2D eigenvalue weighted by Crippen LogP contribution is 2.36. The topological polar surface area (TPSA) is 119 Å². The van der Waals surface area contributed by atoms with E-state index < -0.39 is 32.5 Å². The molecule has 0 aliphatic carbocycles. The van der Waals surface area contributed by atoms with Gasteiger partial charge in [-0.2, -0.15) is 0 Å². The minimum atomic E-state index is -4.77. The van der Waals surface area contributed by atoms with Crippen LogP contribution in [0.5, 0.6) is 0 Å². The summed E-state index contributed by atoms with van der Waals surface area (Å²) in [5.41, 5.74) is 0. The maximum Gasteiger partial charge on any atom is 0.469 e. The molecular weight excluding hydrogens is 663 g/mol. The number of rotatable bonds is 36. The molecule has 0 aromatic rings. The van der Waals surface area contributed by atoms with Gasteiger partial charge >= 0.3 is 19.8 Å². The molecule has 2 N–H and O–H groups in total. The van der Waals surface area contributed by atoms with E-state index in [1.54, 1.807) is 0 Å². The molecule has 0 aliphatic rings. The minimum Gasteiger partial charge on any atom is -0.462 e. The van der Waals surface area contributed by atoms with Gasteiger partial charge in [0.05, 0.1) is 6.61 Å². The van der Waals surface area contributed by atoms with Crippen molar-refractivity contribution < 1.29 is 37.9 Å². The standard InChI is InChI=1S/C42H73O8P/c1-3-5-7-9-11-13-15-17-19-21-23-25-27-29-31-33-35-37-42(44)50-40(39-49-51(45,46)47)38-48-41(43)36-34-32-30-28-26-24-22-20-18-16-14-12-10-8-6-4-2/h5,7,11,13,17,19,23,25,29,31,40H,3-4,6,8-10,12,14-16,18,20-22,24,26-28,30,32-39H2,1-2H3,(H2,45,46,47)/b7-5-,13-11-,19-17-,25-23-,31-29-. The van der Waals surface area contributed by atoms with Crippen LogP contribution in [0.15, 0.2) is 60.8 Å². The summed E-state index contributed by atoms with van der Waals surface area (Å²) in [6.45, 7) is 3.52. The van der Waals surface area contributed by atoms with Crippen molar-refractivity contribution in [3.8, 4) is 0 Å². The van der Waals surface area contributed by atoms with Gasteiger partial charge in [0.2, 0.25) is 0 Å². The summed E-state index contributed by atoms with van der Waals surface area (Å²) in [5, 5.41) is 0. The number of ether oxygens (including phenoxy) is 2. The van der Waals surface area contributed by atoms with Gasteiger partial charge in [0.15, 0.2) is 6.10 Å². The first-order chi connectivity index (χ1) is 24.8. The Morgan fingerprint density at radius 3 is 1.39 bits per heavy atom. The van der Waals surface area contributed by atoms with Gasteiger partial charge in [-0.15, -0.1) is 0 Å². The Balaban J connectivity index is 4.03. The van der Waals surface area contributed by atoms with Crippen molar-refractivity contribution in [3.63, 3.8) is 0 Å². The number of hydrogen-bond donors (Lipinski definition) is 2. The van der Waals surface area contributed by atoms with Gasteiger partial charge in [-0.1, -0.05) is 171 Å². The minimum absolute atomic E-state index is 0.133. The molecule has 0 radical (unpaired) electrons. The van der Waals surface area contributed by atoms with Gasteiger partial charge < -0.3 is 19.3 Å². The quantitative estimate of drug-likeness (QED) is 0.0282. The molecule has 0 saturated heterocycles. The fourth-order valence-corrected chi connectivity index (χ4v) is 5.71. The zero-order chi connectivity index (χ0) is 37.5. The molecule has 0 spiro atoms. The Morgan fingerprint density at radius 2 is 0.941 bits per heavy atom. The summed E-state index contributed by atoms with van der Waals surface area (Å²) in [5.74, 6) is -0.952. The second kappa shape index (κ2) is 37.5. The predicted molar refractivity (Wildman–Crippen MR) is 211 cm³/mol. The molecule has 294 valence electrons. The van der Waals surface area contributed by atoms with E-state index in [1.165, 1.54) is 83.5 Å². The maximum absolute atomic E-state index is 12.4. The highest BCUT2D eigenvalue weighted by Gasteiger charge is 2.22. The largest absolute Gasteiger partial charge is 0.469 e. The molecule has 0 saturated carbocycles. The van der Waals surface area contributed by atoms with Crippen molar-refractivity contribution in [1.29, 1.82) is 0 Å². The van der Waals surface area contributed by atoms with Crippen LogP contribution in [0.25, 0.3) is 0 Å². The first-order valence-electron chi connectivity index (χ1n) is 20.1. The Labute approximate surface area is 311 Å². The highest BCUT2D eigenvalue weighted by atomic mass is 31.2. The van der Waals surface area contributed by atoms with Gasteiger partial charge in [-0.05, 0) is 51.4 Å². The van der Waals surface area contributed by atoms with Crippen LogP contribution in [-0.2, 0) is 28.2 Å². The molecule has 1 unspecified atom stereocenters. The van der Waals surface area contributed by atoms with Crippen LogP contribution >= 0.6 is 7.82 Å². The maximum atomic E-state index is 12.4. The van der Waals surface area contributed by atoms with Crippen LogP contribution in [0.1, 0.15) is 174 Å². The zero-order valence-corrected chi connectivity index (χ0v) is 33.1. The first kappa shape index (κ1) is 48.8. The van der Waals surface area contributed by atoms with Crippen LogP contribution in [0.3, 0.4) is 0 Å². The average Bonchev–Trinajstić information content (AvgIpc) is 3.10. The van der Waals surface area contributed by atoms with Crippen LogP contribution < -0.4 is 0 Å². The number of allylic oxidation sites excluding steroid dienone is 10. The molecule has 0 rings (SSSR count).